The van der Waals surface area contributed by atoms with Gasteiger partial charge in [0.25, 0.3) is 0 Å². The average molecular weight is 450 g/mol. The number of rotatable bonds is 3. The maximum atomic E-state index is 12.8. The van der Waals surface area contributed by atoms with E-state index in [1.807, 2.05) is 6.07 Å². The van der Waals surface area contributed by atoms with Crippen LogP contribution in [0.5, 0.6) is 0 Å². The Morgan fingerprint density at radius 2 is 1.55 bits per heavy atom. The average Bonchev–Trinajstić information content (AvgIpc) is 3.42. The summed E-state index contributed by atoms with van der Waals surface area (Å²) in [5.41, 5.74) is 1.71. The number of para-hydroxylation sites is 1. The summed E-state index contributed by atoms with van der Waals surface area (Å²) in [4.78, 5) is 22.9. The number of hydrogen-bond acceptors (Lipinski definition) is 5. The Morgan fingerprint density at radius 3 is 2.27 bits per heavy atom. The molecule has 33 heavy (non-hydrogen) atoms. The number of benzene rings is 1. The third kappa shape index (κ3) is 4.32. The molecule has 0 aromatic carbocycles. The molecule has 2 aliphatic carbocycles. The van der Waals surface area contributed by atoms with E-state index in [9.17, 15) is 4.79 Å². The molecule has 1 N–H and O–H groups in total. The molecule has 3 saturated heterocycles. The van der Waals surface area contributed by atoms with Crippen molar-refractivity contribution in [1.29, 1.82) is 0 Å². The lowest BCUT2D eigenvalue weighted by Gasteiger charge is -2.40. The van der Waals surface area contributed by atoms with Crippen molar-refractivity contribution < 1.29 is 0 Å². The molecule has 4 fully saturated rings. The Kier molecular flexibility index (Phi) is 6.14. The number of piperidine rings is 1. The minimum absolute atomic E-state index is 0.0520. The lowest BCUT2D eigenvalue weighted by Crippen LogP contribution is -2.42. The SMILES string of the molecule is O=c1cccc2n(C3CCN(C4CCCCCCC4)CC3)cc(N3CC4CNCC4C3)nc1-2. The van der Waals surface area contributed by atoms with Crippen molar-refractivity contribution in [3.63, 3.8) is 0 Å². The number of aromatic nitrogens is 2. The maximum Gasteiger partial charge on any atom is 0.206 e. The molecule has 0 bridgehead atoms. The van der Waals surface area contributed by atoms with Gasteiger partial charge < -0.3 is 19.7 Å². The Bertz CT molecular complexity index is 961. The predicted octanol–water partition coefficient (Wildman–Crippen LogP) is 3.75. The zero-order valence-electron chi connectivity index (χ0n) is 19.9. The highest BCUT2D eigenvalue weighted by atomic mass is 16.1. The smallest absolute Gasteiger partial charge is 0.206 e. The first-order chi connectivity index (χ1) is 16.3. The normalized spacial score (nSPS) is 28.2. The summed E-state index contributed by atoms with van der Waals surface area (Å²) in [5.74, 6) is 2.43. The van der Waals surface area contributed by atoms with Gasteiger partial charge in [0, 0.05) is 57.5 Å². The van der Waals surface area contributed by atoms with E-state index in [1.165, 1.54) is 58.0 Å². The van der Waals surface area contributed by atoms with Gasteiger partial charge in [0.1, 0.15) is 11.5 Å². The van der Waals surface area contributed by atoms with Gasteiger partial charge in [0.15, 0.2) is 0 Å². The van der Waals surface area contributed by atoms with Crippen LogP contribution in [0.2, 0.25) is 0 Å². The summed E-state index contributed by atoms with van der Waals surface area (Å²) in [6.45, 7) is 6.69. The fraction of sp³-hybridized carbons (Fsp3) is 0.704. The van der Waals surface area contributed by atoms with Gasteiger partial charge in [-0.3, -0.25) is 4.79 Å². The summed E-state index contributed by atoms with van der Waals surface area (Å²) >= 11 is 0. The Labute approximate surface area is 197 Å². The van der Waals surface area contributed by atoms with Gasteiger partial charge in [-0.2, -0.15) is 0 Å². The molecule has 4 heterocycles. The summed E-state index contributed by atoms with van der Waals surface area (Å²) in [5, 5.41) is 3.53. The van der Waals surface area contributed by atoms with E-state index in [0.717, 1.165) is 56.6 Å². The van der Waals surface area contributed by atoms with E-state index in [2.05, 4.69) is 31.9 Å². The fourth-order valence-corrected chi connectivity index (χ4v) is 6.99. The highest BCUT2D eigenvalue weighted by Crippen LogP contribution is 2.35. The fourth-order valence-electron chi connectivity index (χ4n) is 6.99. The maximum absolute atomic E-state index is 12.8. The van der Waals surface area contributed by atoms with Crippen LogP contribution in [0.1, 0.15) is 63.8 Å². The molecule has 4 aliphatic heterocycles. The third-order valence-electron chi connectivity index (χ3n) is 8.93. The molecule has 0 aromatic heterocycles. The van der Waals surface area contributed by atoms with Gasteiger partial charge in [0.05, 0.1) is 5.69 Å². The summed E-state index contributed by atoms with van der Waals surface area (Å²) in [6, 6.07) is 6.90. The molecule has 6 aliphatic rings. The van der Waals surface area contributed by atoms with Crippen LogP contribution in [-0.4, -0.2) is 59.8 Å². The zero-order chi connectivity index (χ0) is 22.2. The molecule has 0 amide bonds. The molecule has 178 valence electrons. The minimum Gasteiger partial charge on any atom is -0.355 e. The first-order valence-corrected chi connectivity index (χ1v) is 13.5. The lowest BCUT2D eigenvalue weighted by atomic mass is 9.93. The van der Waals surface area contributed by atoms with Gasteiger partial charge in [-0.05, 0) is 49.7 Å². The van der Waals surface area contributed by atoms with Gasteiger partial charge in [-0.1, -0.05) is 38.2 Å². The zero-order valence-corrected chi connectivity index (χ0v) is 19.9. The van der Waals surface area contributed by atoms with Crippen molar-refractivity contribution >= 4 is 5.82 Å². The van der Waals surface area contributed by atoms with Crippen molar-refractivity contribution in [1.82, 2.24) is 19.8 Å². The molecule has 0 radical (unpaired) electrons. The molecule has 2 unspecified atom stereocenters. The number of hydrogen-bond donors (Lipinski definition) is 1. The van der Waals surface area contributed by atoms with E-state index in [4.69, 9.17) is 4.98 Å². The second kappa shape index (κ2) is 9.38. The van der Waals surface area contributed by atoms with Gasteiger partial charge in [-0.15, -0.1) is 0 Å². The molecule has 6 rings (SSSR count). The topological polar surface area (TPSA) is 53.4 Å². The number of fused-ring (bicyclic) bond motifs is 2. The minimum atomic E-state index is 0.0520. The number of nitrogens with zero attached hydrogens (tertiary/aromatic N) is 4. The molecular weight excluding hydrogens is 410 g/mol. The second-order valence-electron chi connectivity index (χ2n) is 11.0. The van der Waals surface area contributed by atoms with Crippen molar-refractivity contribution in [2.75, 3.05) is 44.2 Å². The summed E-state index contributed by atoms with van der Waals surface area (Å²) in [6.07, 6.45) is 14.4. The Hall–Kier alpha value is -1.92. The van der Waals surface area contributed by atoms with E-state index in [1.54, 1.807) is 6.07 Å². The quantitative estimate of drug-likeness (QED) is 0.773. The first-order valence-electron chi connectivity index (χ1n) is 13.5. The second-order valence-corrected chi connectivity index (χ2v) is 11.0. The number of likely N-dealkylation sites (tertiary alicyclic amines) is 1. The van der Waals surface area contributed by atoms with E-state index < -0.39 is 0 Å². The van der Waals surface area contributed by atoms with Crippen molar-refractivity contribution in [3.05, 3.63) is 34.6 Å². The third-order valence-corrected chi connectivity index (χ3v) is 8.93. The summed E-state index contributed by atoms with van der Waals surface area (Å²) in [7, 11) is 0. The van der Waals surface area contributed by atoms with Gasteiger partial charge >= 0.3 is 0 Å². The molecule has 6 heteroatoms. The Balaban J connectivity index is 1.23. The van der Waals surface area contributed by atoms with E-state index in [-0.39, 0.29) is 5.43 Å². The molecular formula is C27H39N5O. The molecule has 0 aromatic rings. The lowest BCUT2D eigenvalue weighted by molar-refractivity contribution is 0.116. The molecule has 0 spiro atoms. The van der Waals surface area contributed by atoms with Crippen LogP contribution in [-0.2, 0) is 0 Å². The van der Waals surface area contributed by atoms with E-state index in [0.29, 0.717) is 23.6 Å². The standard InChI is InChI=1S/C27H39N5O/c33-25-10-6-9-24-27(25)29-26(31-17-20-15-28-16-21(20)18-31)19-32(24)23-11-13-30(14-12-23)22-7-4-2-1-3-5-8-22/h6,9-10,19-23,28H,1-5,7-8,11-18H2. The van der Waals surface area contributed by atoms with Crippen LogP contribution in [0, 0.1) is 11.8 Å². The largest absolute Gasteiger partial charge is 0.355 e. The number of nitrogens with one attached hydrogen (secondary N) is 1. The molecule has 2 atom stereocenters. The van der Waals surface area contributed by atoms with Crippen molar-refractivity contribution in [3.8, 4) is 11.4 Å². The van der Waals surface area contributed by atoms with Crippen LogP contribution >= 0.6 is 0 Å². The number of anilines is 1. The Morgan fingerprint density at radius 1 is 0.848 bits per heavy atom. The van der Waals surface area contributed by atoms with Gasteiger partial charge in [0.2, 0.25) is 5.43 Å². The summed E-state index contributed by atoms with van der Waals surface area (Å²) < 4.78 is 2.42. The molecule has 6 nitrogen and oxygen atoms in total. The van der Waals surface area contributed by atoms with E-state index >= 15 is 0 Å². The van der Waals surface area contributed by atoms with Crippen LogP contribution in [0.3, 0.4) is 0 Å². The van der Waals surface area contributed by atoms with Crippen LogP contribution < -0.4 is 15.6 Å². The van der Waals surface area contributed by atoms with Crippen LogP contribution in [0.4, 0.5) is 5.82 Å². The van der Waals surface area contributed by atoms with Crippen molar-refractivity contribution in [2.45, 2.75) is 69.9 Å². The highest BCUT2D eigenvalue weighted by molar-refractivity contribution is 5.60. The first kappa shape index (κ1) is 21.6. The predicted molar refractivity (Wildman–Crippen MR) is 133 cm³/mol. The van der Waals surface area contributed by atoms with Crippen LogP contribution in [0.15, 0.2) is 29.2 Å². The van der Waals surface area contributed by atoms with Crippen LogP contribution in [0.25, 0.3) is 11.4 Å². The van der Waals surface area contributed by atoms with Gasteiger partial charge in [-0.25, -0.2) is 4.98 Å². The van der Waals surface area contributed by atoms with Crippen molar-refractivity contribution in [2.24, 2.45) is 11.8 Å². The molecule has 1 saturated carbocycles. The monoisotopic (exact) mass is 449 g/mol. The highest BCUT2D eigenvalue weighted by Gasteiger charge is 2.37.